The number of Topliss-reactive ketones (excluding diaryl/α,β-unsaturated/α-hetero) is 1. The fourth-order valence-corrected chi connectivity index (χ4v) is 3.24. The van der Waals surface area contributed by atoms with E-state index in [4.69, 9.17) is 0 Å². The monoisotopic (exact) mass is 337 g/mol. The molecular weight excluding hydrogens is 318 g/mol. The van der Waals surface area contributed by atoms with Gasteiger partial charge in [0, 0.05) is 19.0 Å². The van der Waals surface area contributed by atoms with Crippen molar-refractivity contribution in [1.29, 1.82) is 0 Å². The molecule has 1 aliphatic rings. The van der Waals surface area contributed by atoms with Crippen molar-refractivity contribution in [2.24, 2.45) is 5.92 Å². The average molecular weight is 337 g/mol. The van der Waals surface area contributed by atoms with E-state index in [0.29, 0.717) is 13.0 Å². The third-order valence-corrected chi connectivity index (χ3v) is 4.49. The van der Waals surface area contributed by atoms with Crippen LogP contribution in [0.4, 0.5) is 0 Å². The van der Waals surface area contributed by atoms with Gasteiger partial charge in [-0.15, -0.1) is 0 Å². The highest BCUT2D eigenvalue weighted by Crippen LogP contribution is 2.25. The Bertz CT molecular complexity index is 773. The summed E-state index contributed by atoms with van der Waals surface area (Å²) < 4.78 is 0. The van der Waals surface area contributed by atoms with Crippen molar-refractivity contribution in [3.8, 4) is 0 Å². The van der Waals surface area contributed by atoms with Crippen LogP contribution in [0.25, 0.3) is 0 Å². The number of carbonyl (C=O) groups excluding carboxylic acids is 2. The Morgan fingerprint density at radius 1 is 0.960 bits per heavy atom. The molecule has 2 aromatic rings. The van der Waals surface area contributed by atoms with E-state index in [9.17, 15) is 19.5 Å². The Hall–Kier alpha value is -2.95. The molecule has 1 aliphatic heterocycles. The van der Waals surface area contributed by atoms with Gasteiger partial charge in [0.05, 0.1) is 0 Å². The van der Waals surface area contributed by atoms with Crippen molar-refractivity contribution in [3.05, 3.63) is 71.8 Å². The second-order valence-electron chi connectivity index (χ2n) is 6.24. The van der Waals surface area contributed by atoms with E-state index in [1.165, 1.54) is 0 Å². The van der Waals surface area contributed by atoms with Crippen LogP contribution in [-0.2, 0) is 27.3 Å². The molecule has 1 saturated heterocycles. The third kappa shape index (κ3) is 3.76. The van der Waals surface area contributed by atoms with Gasteiger partial charge in [0.1, 0.15) is 0 Å². The molecule has 0 saturated carbocycles. The van der Waals surface area contributed by atoms with Crippen LogP contribution < -0.4 is 0 Å². The number of carbonyl (C=O) groups is 3. The predicted molar refractivity (Wildman–Crippen MR) is 91.7 cm³/mol. The molecule has 3 rings (SSSR count). The fraction of sp³-hybridized carbons (Fsp3) is 0.250. The van der Waals surface area contributed by atoms with Gasteiger partial charge in [-0.25, -0.2) is 0 Å². The van der Waals surface area contributed by atoms with Crippen molar-refractivity contribution in [2.75, 3.05) is 0 Å². The molecule has 1 N–H and O–H groups in total. The largest absolute Gasteiger partial charge is 0.480 e. The minimum absolute atomic E-state index is 0.0600. The zero-order chi connectivity index (χ0) is 17.8. The summed E-state index contributed by atoms with van der Waals surface area (Å²) in [7, 11) is 0. The topological polar surface area (TPSA) is 74.7 Å². The highest BCUT2D eigenvalue weighted by Gasteiger charge is 2.44. The first-order valence-electron chi connectivity index (χ1n) is 8.20. The lowest BCUT2D eigenvalue weighted by Gasteiger charge is -2.37. The maximum atomic E-state index is 12.7. The van der Waals surface area contributed by atoms with E-state index < -0.39 is 23.6 Å². The van der Waals surface area contributed by atoms with E-state index in [0.717, 1.165) is 11.1 Å². The summed E-state index contributed by atoms with van der Waals surface area (Å²) in [5.74, 6) is -4.08. The van der Waals surface area contributed by atoms with Crippen molar-refractivity contribution in [3.63, 3.8) is 0 Å². The maximum absolute atomic E-state index is 12.7. The SMILES string of the molecule is O=C(O)C1C(=O)C[C@@H](Cc2ccccc2)N(Cc2ccccc2)C1=O. The number of carboxylic acid groups (broad SMARTS) is 1. The van der Waals surface area contributed by atoms with Crippen LogP contribution >= 0.6 is 0 Å². The van der Waals surface area contributed by atoms with Gasteiger partial charge in [-0.1, -0.05) is 60.7 Å². The summed E-state index contributed by atoms with van der Waals surface area (Å²) in [6.45, 7) is 0.300. The Morgan fingerprint density at radius 2 is 1.52 bits per heavy atom. The standard InChI is InChI=1S/C20H19NO4/c22-17-12-16(11-14-7-3-1-4-8-14)21(19(23)18(17)20(24)25)13-15-9-5-2-6-10-15/h1-10,16,18H,11-13H2,(H,24,25)/t16-,18?/m1/s1. The van der Waals surface area contributed by atoms with Gasteiger partial charge < -0.3 is 10.0 Å². The number of carboxylic acids is 1. The van der Waals surface area contributed by atoms with E-state index in [1.807, 2.05) is 60.7 Å². The van der Waals surface area contributed by atoms with Crippen LogP contribution in [0.3, 0.4) is 0 Å². The molecule has 0 spiro atoms. The number of piperidine rings is 1. The second kappa shape index (κ2) is 7.30. The molecular formula is C20H19NO4. The normalized spacial score (nSPS) is 20.6. The fourth-order valence-electron chi connectivity index (χ4n) is 3.24. The maximum Gasteiger partial charge on any atom is 0.323 e. The first kappa shape index (κ1) is 16.9. The molecule has 5 heteroatoms. The van der Waals surface area contributed by atoms with Crippen molar-refractivity contribution < 1.29 is 19.5 Å². The lowest BCUT2D eigenvalue weighted by molar-refractivity contribution is -0.160. The molecule has 2 atom stereocenters. The van der Waals surface area contributed by atoms with Crippen LogP contribution in [0.1, 0.15) is 17.5 Å². The van der Waals surface area contributed by atoms with Crippen molar-refractivity contribution in [2.45, 2.75) is 25.4 Å². The van der Waals surface area contributed by atoms with Gasteiger partial charge in [0.15, 0.2) is 11.7 Å². The highest BCUT2D eigenvalue weighted by molar-refractivity contribution is 6.17. The molecule has 1 unspecified atom stereocenters. The number of aliphatic carboxylic acids is 1. The molecule has 0 aromatic heterocycles. The van der Waals surface area contributed by atoms with Crippen molar-refractivity contribution >= 4 is 17.7 Å². The second-order valence-corrected chi connectivity index (χ2v) is 6.24. The minimum atomic E-state index is -1.59. The molecule has 1 amide bonds. The Labute approximate surface area is 145 Å². The summed E-state index contributed by atoms with van der Waals surface area (Å²) in [6, 6.07) is 18.7. The smallest absolute Gasteiger partial charge is 0.323 e. The molecule has 0 radical (unpaired) electrons. The van der Waals surface area contributed by atoms with Gasteiger partial charge in [-0.3, -0.25) is 14.4 Å². The average Bonchev–Trinajstić information content (AvgIpc) is 2.60. The summed E-state index contributed by atoms with van der Waals surface area (Å²) in [4.78, 5) is 37.8. The number of benzene rings is 2. The number of rotatable bonds is 5. The number of nitrogens with zero attached hydrogens (tertiary/aromatic N) is 1. The quantitative estimate of drug-likeness (QED) is 0.850. The number of hydrogen-bond donors (Lipinski definition) is 1. The Morgan fingerprint density at radius 3 is 2.08 bits per heavy atom. The first-order valence-corrected chi connectivity index (χ1v) is 8.20. The van der Waals surface area contributed by atoms with Crippen LogP contribution in [0.15, 0.2) is 60.7 Å². The minimum Gasteiger partial charge on any atom is -0.480 e. The van der Waals surface area contributed by atoms with Crippen LogP contribution in [-0.4, -0.2) is 33.7 Å². The Kier molecular flexibility index (Phi) is 4.93. The van der Waals surface area contributed by atoms with Gasteiger partial charge in [0.25, 0.3) is 0 Å². The molecule has 0 aliphatic carbocycles. The summed E-state index contributed by atoms with van der Waals surface area (Å²) >= 11 is 0. The number of likely N-dealkylation sites (tertiary alicyclic amines) is 1. The van der Waals surface area contributed by atoms with Gasteiger partial charge >= 0.3 is 5.97 Å². The van der Waals surface area contributed by atoms with E-state index >= 15 is 0 Å². The number of hydrogen-bond acceptors (Lipinski definition) is 3. The lowest BCUT2D eigenvalue weighted by Crippen LogP contribution is -2.54. The van der Waals surface area contributed by atoms with Crippen molar-refractivity contribution in [1.82, 2.24) is 4.90 Å². The summed E-state index contributed by atoms with van der Waals surface area (Å²) in [5, 5.41) is 9.27. The predicted octanol–water partition coefficient (Wildman–Crippen LogP) is 2.30. The number of ketones is 1. The summed E-state index contributed by atoms with van der Waals surface area (Å²) in [5.41, 5.74) is 1.92. The van der Waals surface area contributed by atoms with E-state index in [1.54, 1.807) is 4.90 Å². The molecule has 0 bridgehead atoms. The molecule has 25 heavy (non-hydrogen) atoms. The van der Waals surface area contributed by atoms with Crippen LogP contribution in [0.2, 0.25) is 0 Å². The molecule has 1 fully saturated rings. The molecule has 5 nitrogen and oxygen atoms in total. The zero-order valence-electron chi connectivity index (χ0n) is 13.7. The molecule has 1 heterocycles. The molecule has 2 aromatic carbocycles. The highest BCUT2D eigenvalue weighted by atomic mass is 16.4. The van der Waals surface area contributed by atoms with Crippen LogP contribution in [0.5, 0.6) is 0 Å². The zero-order valence-corrected chi connectivity index (χ0v) is 13.7. The third-order valence-electron chi connectivity index (χ3n) is 4.49. The summed E-state index contributed by atoms with van der Waals surface area (Å²) in [6.07, 6.45) is 0.585. The first-order chi connectivity index (χ1) is 12.1. The van der Waals surface area contributed by atoms with Crippen LogP contribution in [0, 0.1) is 5.92 Å². The van der Waals surface area contributed by atoms with E-state index in [-0.39, 0.29) is 12.5 Å². The van der Waals surface area contributed by atoms with Gasteiger partial charge in [0.2, 0.25) is 5.91 Å². The lowest BCUT2D eigenvalue weighted by atomic mass is 9.87. The number of amides is 1. The Balaban J connectivity index is 1.89. The van der Waals surface area contributed by atoms with E-state index in [2.05, 4.69) is 0 Å². The van der Waals surface area contributed by atoms with Gasteiger partial charge in [-0.2, -0.15) is 0 Å². The van der Waals surface area contributed by atoms with Gasteiger partial charge in [-0.05, 0) is 17.5 Å². The molecule has 128 valence electrons.